The van der Waals surface area contributed by atoms with E-state index in [0.29, 0.717) is 6.54 Å². The Morgan fingerprint density at radius 2 is 2.31 bits per heavy atom. The van der Waals surface area contributed by atoms with Crippen molar-refractivity contribution < 1.29 is 14.6 Å². The molecule has 1 atom stereocenters. The Morgan fingerprint density at radius 3 is 2.81 bits per heavy atom. The molecule has 3 N–H and O–H groups in total. The summed E-state index contributed by atoms with van der Waals surface area (Å²) < 4.78 is 4.58. The van der Waals surface area contributed by atoms with Crippen LogP contribution in [0.3, 0.4) is 0 Å². The SMILES string of the molecule is COC(=O)CC(CN)c1ccc(O)c(Cl)c1. The van der Waals surface area contributed by atoms with Crippen molar-refractivity contribution in [2.45, 2.75) is 12.3 Å². The van der Waals surface area contributed by atoms with Gasteiger partial charge in [0.15, 0.2) is 0 Å². The number of methoxy groups -OCH3 is 1. The molecule has 0 aliphatic heterocycles. The Morgan fingerprint density at radius 1 is 1.62 bits per heavy atom. The fraction of sp³-hybridized carbons (Fsp3) is 0.364. The molecule has 0 aliphatic carbocycles. The molecule has 0 heterocycles. The number of carbonyl (C=O) groups is 1. The number of hydrogen-bond acceptors (Lipinski definition) is 4. The summed E-state index contributed by atoms with van der Waals surface area (Å²) in [6, 6.07) is 4.79. The van der Waals surface area contributed by atoms with Crippen LogP contribution in [0.15, 0.2) is 18.2 Å². The molecule has 0 fully saturated rings. The maximum atomic E-state index is 11.1. The zero-order valence-electron chi connectivity index (χ0n) is 8.94. The third-order valence-electron chi connectivity index (χ3n) is 2.37. The van der Waals surface area contributed by atoms with Crippen LogP contribution in [-0.2, 0) is 9.53 Å². The molecule has 1 rings (SSSR count). The zero-order valence-corrected chi connectivity index (χ0v) is 9.70. The highest BCUT2D eigenvalue weighted by Crippen LogP contribution is 2.28. The molecule has 0 radical (unpaired) electrons. The van der Waals surface area contributed by atoms with Crippen LogP contribution >= 0.6 is 11.6 Å². The molecule has 16 heavy (non-hydrogen) atoms. The van der Waals surface area contributed by atoms with Crippen molar-refractivity contribution in [3.63, 3.8) is 0 Å². The predicted octanol–water partition coefficient (Wildman–Crippen LogP) is 1.65. The summed E-state index contributed by atoms with van der Waals surface area (Å²) in [6.45, 7) is 0.316. The van der Waals surface area contributed by atoms with Crippen LogP contribution in [0.4, 0.5) is 0 Å². The normalized spacial score (nSPS) is 12.2. The van der Waals surface area contributed by atoms with E-state index in [9.17, 15) is 9.90 Å². The fourth-order valence-electron chi connectivity index (χ4n) is 1.40. The van der Waals surface area contributed by atoms with Gasteiger partial charge in [-0.3, -0.25) is 4.79 Å². The minimum absolute atomic E-state index is 0.0132. The standard InChI is InChI=1S/C11H14ClNO3/c1-16-11(15)5-8(6-13)7-2-3-10(14)9(12)4-7/h2-4,8,14H,5-6,13H2,1H3. The van der Waals surface area contributed by atoms with Gasteiger partial charge in [0.25, 0.3) is 0 Å². The number of nitrogens with two attached hydrogens (primary N) is 1. The van der Waals surface area contributed by atoms with Crippen molar-refractivity contribution in [2.24, 2.45) is 5.73 Å². The molecule has 4 nitrogen and oxygen atoms in total. The fourth-order valence-corrected chi connectivity index (χ4v) is 1.59. The zero-order chi connectivity index (χ0) is 12.1. The number of carbonyl (C=O) groups excluding carboxylic acids is 1. The van der Waals surface area contributed by atoms with E-state index < -0.39 is 0 Å². The Bertz CT molecular complexity index is 381. The molecule has 0 bridgehead atoms. The maximum absolute atomic E-state index is 11.1. The number of halogens is 1. The first-order valence-electron chi connectivity index (χ1n) is 4.83. The van der Waals surface area contributed by atoms with E-state index >= 15 is 0 Å². The first kappa shape index (κ1) is 12.8. The van der Waals surface area contributed by atoms with Crippen LogP contribution in [0.25, 0.3) is 0 Å². The number of aromatic hydroxyl groups is 1. The summed E-state index contributed by atoms with van der Waals surface area (Å²) >= 11 is 5.78. The summed E-state index contributed by atoms with van der Waals surface area (Å²) in [5.74, 6) is -0.454. The van der Waals surface area contributed by atoms with Gasteiger partial charge in [0.1, 0.15) is 5.75 Å². The molecule has 5 heteroatoms. The van der Waals surface area contributed by atoms with Crippen molar-refractivity contribution in [3.8, 4) is 5.75 Å². The third kappa shape index (κ3) is 3.12. The van der Waals surface area contributed by atoms with E-state index in [2.05, 4.69) is 4.74 Å². The summed E-state index contributed by atoms with van der Waals surface area (Å²) in [6.07, 6.45) is 0.202. The van der Waals surface area contributed by atoms with Gasteiger partial charge < -0.3 is 15.6 Å². The molecule has 88 valence electrons. The number of esters is 1. The second-order valence-corrected chi connectivity index (χ2v) is 3.83. The molecule has 0 saturated carbocycles. The number of phenolic OH excluding ortho intramolecular Hbond substituents is 1. The molecule has 0 aromatic heterocycles. The van der Waals surface area contributed by atoms with Crippen molar-refractivity contribution in [1.29, 1.82) is 0 Å². The summed E-state index contributed by atoms with van der Waals surface area (Å²) in [5, 5.41) is 9.52. The Hall–Kier alpha value is -1.26. The van der Waals surface area contributed by atoms with Crippen LogP contribution in [0, 0.1) is 0 Å². The summed E-state index contributed by atoms with van der Waals surface area (Å²) in [5.41, 5.74) is 6.40. The number of rotatable bonds is 4. The number of phenols is 1. The van der Waals surface area contributed by atoms with Crippen LogP contribution in [0.5, 0.6) is 5.75 Å². The predicted molar refractivity (Wildman–Crippen MR) is 61.5 cm³/mol. The third-order valence-corrected chi connectivity index (χ3v) is 2.67. The molecule has 1 unspecified atom stereocenters. The van der Waals surface area contributed by atoms with E-state index in [1.165, 1.54) is 13.2 Å². The Labute approximate surface area is 99.0 Å². The van der Waals surface area contributed by atoms with Gasteiger partial charge in [-0.1, -0.05) is 17.7 Å². The topological polar surface area (TPSA) is 72.5 Å². The molecule has 0 amide bonds. The lowest BCUT2D eigenvalue weighted by atomic mass is 9.96. The van der Waals surface area contributed by atoms with Gasteiger partial charge in [-0.15, -0.1) is 0 Å². The Balaban J connectivity index is 2.86. The molecule has 0 spiro atoms. The molecule has 0 aliphatic rings. The van der Waals surface area contributed by atoms with Crippen LogP contribution in [0.1, 0.15) is 17.9 Å². The van der Waals surface area contributed by atoms with Gasteiger partial charge in [0, 0.05) is 5.92 Å². The van der Waals surface area contributed by atoms with E-state index in [4.69, 9.17) is 17.3 Å². The molecular weight excluding hydrogens is 230 g/mol. The van der Waals surface area contributed by atoms with Gasteiger partial charge in [0.2, 0.25) is 0 Å². The van der Waals surface area contributed by atoms with Crippen LogP contribution in [-0.4, -0.2) is 24.7 Å². The lowest BCUT2D eigenvalue weighted by molar-refractivity contribution is -0.141. The first-order valence-corrected chi connectivity index (χ1v) is 5.21. The largest absolute Gasteiger partial charge is 0.506 e. The van der Waals surface area contributed by atoms with Gasteiger partial charge in [-0.05, 0) is 24.2 Å². The monoisotopic (exact) mass is 243 g/mol. The maximum Gasteiger partial charge on any atom is 0.306 e. The van der Waals surface area contributed by atoms with Crippen LogP contribution < -0.4 is 5.73 Å². The first-order chi connectivity index (χ1) is 7.58. The van der Waals surface area contributed by atoms with Crippen molar-refractivity contribution in [2.75, 3.05) is 13.7 Å². The minimum Gasteiger partial charge on any atom is -0.506 e. The van der Waals surface area contributed by atoms with E-state index in [-0.39, 0.29) is 29.1 Å². The highest BCUT2D eigenvalue weighted by molar-refractivity contribution is 6.32. The summed E-state index contributed by atoms with van der Waals surface area (Å²) in [4.78, 5) is 11.1. The van der Waals surface area contributed by atoms with Crippen molar-refractivity contribution in [1.82, 2.24) is 0 Å². The quantitative estimate of drug-likeness (QED) is 0.789. The smallest absolute Gasteiger partial charge is 0.306 e. The van der Waals surface area contributed by atoms with E-state index in [1.807, 2.05) is 0 Å². The highest BCUT2D eigenvalue weighted by atomic mass is 35.5. The lowest BCUT2D eigenvalue weighted by Crippen LogP contribution is -2.17. The highest BCUT2D eigenvalue weighted by Gasteiger charge is 2.16. The summed E-state index contributed by atoms with van der Waals surface area (Å²) in [7, 11) is 1.33. The van der Waals surface area contributed by atoms with Crippen molar-refractivity contribution >= 4 is 17.6 Å². The van der Waals surface area contributed by atoms with E-state index in [1.54, 1.807) is 12.1 Å². The number of hydrogen-bond donors (Lipinski definition) is 2. The average Bonchev–Trinajstić information content (AvgIpc) is 2.29. The van der Waals surface area contributed by atoms with Crippen LogP contribution in [0.2, 0.25) is 5.02 Å². The van der Waals surface area contributed by atoms with Gasteiger partial charge >= 0.3 is 5.97 Å². The van der Waals surface area contributed by atoms with Gasteiger partial charge in [-0.2, -0.15) is 0 Å². The second kappa shape index (κ2) is 5.72. The molecule has 1 aromatic carbocycles. The number of benzene rings is 1. The van der Waals surface area contributed by atoms with Gasteiger partial charge in [-0.25, -0.2) is 0 Å². The molecule has 0 saturated heterocycles. The van der Waals surface area contributed by atoms with E-state index in [0.717, 1.165) is 5.56 Å². The Kier molecular flexibility index (Phi) is 4.58. The molecular formula is C11H14ClNO3. The number of ether oxygens (including phenoxy) is 1. The average molecular weight is 244 g/mol. The van der Waals surface area contributed by atoms with Crippen molar-refractivity contribution in [3.05, 3.63) is 28.8 Å². The lowest BCUT2D eigenvalue weighted by Gasteiger charge is -2.14. The minimum atomic E-state index is -0.320. The molecule has 1 aromatic rings. The van der Waals surface area contributed by atoms with Gasteiger partial charge in [0.05, 0.1) is 18.6 Å². The second-order valence-electron chi connectivity index (χ2n) is 3.42.